The third-order valence-electron chi connectivity index (χ3n) is 2.03. The number of aryl methyl sites for hydroxylation is 1. The van der Waals surface area contributed by atoms with Gasteiger partial charge in [-0.1, -0.05) is 19.1 Å². The van der Waals surface area contributed by atoms with Crippen molar-refractivity contribution in [3.05, 3.63) is 29.8 Å². The third kappa shape index (κ3) is 4.31. The van der Waals surface area contributed by atoms with E-state index in [1.54, 1.807) is 6.92 Å². The van der Waals surface area contributed by atoms with Crippen LogP contribution in [0.1, 0.15) is 19.4 Å². The van der Waals surface area contributed by atoms with Crippen LogP contribution in [0.15, 0.2) is 24.3 Å². The highest BCUT2D eigenvalue weighted by molar-refractivity contribution is 5.76. The molecule has 0 unspecified atom stereocenters. The van der Waals surface area contributed by atoms with Crippen LogP contribution in [-0.2, 0) is 16.1 Å². The highest BCUT2D eigenvalue weighted by atomic mass is 16.7. The Morgan fingerprint density at radius 3 is 2.50 bits per heavy atom. The van der Waals surface area contributed by atoms with Crippen LogP contribution in [0.4, 0.5) is 0 Å². The first kappa shape index (κ1) is 12.5. The van der Waals surface area contributed by atoms with Crippen LogP contribution in [0.3, 0.4) is 0 Å². The van der Waals surface area contributed by atoms with Crippen molar-refractivity contribution >= 4 is 5.91 Å². The van der Waals surface area contributed by atoms with Crippen LogP contribution >= 0.6 is 0 Å². The van der Waals surface area contributed by atoms with Gasteiger partial charge in [-0.2, -0.15) is 0 Å². The Morgan fingerprint density at radius 2 is 1.94 bits per heavy atom. The topological polar surface area (TPSA) is 47.6 Å². The lowest BCUT2D eigenvalue weighted by molar-refractivity contribution is -0.135. The second-order valence-corrected chi connectivity index (χ2v) is 3.24. The van der Waals surface area contributed by atoms with Crippen molar-refractivity contribution in [2.45, 2.75) is 20.3 Å². The fraction of sp³-hybridized carbons (Fsp3) is 0.417. The van der Waals surface area contributed by atoms with Crippen molar-refractivity contribution < 1.29 is 14.4 Å². The minimum atomic E-state index is -0.290. The maximum atomic E-state index is 11.1. The standard InChI is InChI=1S/C12H17NO3/c1-3-10-5-7-11(8-6-10)15-9-12(14)13-16-4-2/h5-8H,3-4,9H2,1-2H3,(H,13,14). The normalized spacial score (nSPS) is 9.88. The van der Waals surface area contributed by atoms with E-state index in [4.69, 9.17) is 9.57 Å². The molecule has 0 fully saturated rings. The molecule has 1 aromatic rings. The summed E-state index contributed by atoms with van der Waals surface area (Å²) in [5.74, 6) is 0.394. The number of carbonyl (C=O) groups is 1. The summed E-state index contributed by atoms with van der Waals surface area (Å²) in [6.45, 7) is 4.29. The quantitative estimate of drug-likeness (QED) is 0.747. The zero-order valence-electron chi connectivity index (χ0n) is 9.66. The monoisotopic (exact) mass is 223 g/mol. The van der Waals surface area contributed by atoms with Gasteiger partial charge in [0.25, 0.3) is 5.91 Å². The number of rotatable bonds is 6. The molecule has 88 valence electrons. The Balaban J connectivity index is 2.33. The zero-order chi connectivity index (χ0) is 11.8. The Bertz CT molecular complexity index is 322. The van der Waals surface area contributed by atoms with Gasteiger partial charge in [-0.3, -0.25) is 9.63 Å². The molecule has 0 atom stereocenters. The van der Waals surface area contributed by atoms with E-state index in [9.17, 15) is 4.79 Å². The van der Waals surface area contributed by atoms with Crippen LogP contribution in [-0.4, -0.2) is 19.1 Å². The third-order valence-corrected chi connectivity index (χ3v) is 2.03. The molecule has 1 aromatic carbocycles. The predicted octanol–water partition coefficient (Wildman–Crippen LogP) is 1.70. The lowest BCUT2D eigenvalue weighted by Gasteiger charge is -2.07. The van der Waals surface area contributed by atoms with Crippen molar-refractivity contribution in [3.63, 3.8) is 0 Å². The van der Waals surface area contributed by atoms with Gasteiger partial charge in [0.05, 0.1) is 6.61 Å². The summed E-state index contributed by atoms with van der Waals surface area (Å²) < 4.78 is 5.27. The molecule has 0 aliphatic heterocycles. The van der Waals surface area contributed by atoms with Crippen molar-refractivity contribution in [3.8, 4) is 5.75 Å². The van der Waals surface area contributed by atoms with Gasteiger partial charge in [0.15, 0.2) is 6.61 Å². The summed E-state index contributed by atoms with van der Waals surface area (Å²) in [5.41, 5.74) is 3.50. The number of benzene rings is 1. The number of amides is 1. The summed E-state index contributed by atoms with van der Waals surface area (Å²) in [5, 5.41) is 0. The molecule has 0 aliphatic rings. The van der Waals surface area contributed by atoms with Gasteiger partial charge in [0.1, 0.15) is 5.75 Å². The molecule has 4 nitrogen and oxygen atoms in total. The Kier molecular flexibility index (Phi) is 5.36. The van der Waals surface area contributed by atoms with E-state index in [1.807, 2.05) is 24.3 Å². The molecule has 0 aromatic heterocycles. The number of hydrogen-bond acceptors (Lipinski definition) is 3. The molecular weight excluding hydrogens is 206 g/mol. The maximum Gasteiger partial charge on any atom is 0.281 e. The fourth-order valence-electron chi connectivity index (χ4n) is 1.15. The summed E-state index contributed by atoms with van der Waals surface area (Å²) in [7, 11) is 0. The van der Waals surface area contributed by atoms with E-state index >= 15 is 0 Å². The SMILES string of the molecule is CCONC(=O)COc1ccc(CC)cc1. The van der Waals surface area contributed by atoms with Crippen molar-refractivity contribution in [1.29, 1.82) is 0 Å². The van der Waals surface area contributed by atoms with Crippen molar-refractivity contribution in [2.75, 3.05) is 13.2 Å². The van der Waals surface area contributed by atoms with Gasteiger partial charge in [0.2, 0.25) is 0 Å². The van der Waals surface area contributed by atoms with Crippen LogP contribution in [0.25, 0.3) is 0 Å². The fourth-order valence-corrected chi connectivity index (χ4v) is 1.15. The predicted molar refractivity (Wildman–Crippen MR) is 61.1 cm³/mol. The second-order valence-electron chi connectivity index (χ2n) is 3.24. The Labute approximate surface area is 95.5 Å². The smallest absolute Gasteiger partial charge is 0.281 e. The minimum Gasteiger partial charge on any atom is -0.484 e. The first-order chi connectivity index (χ1) is 7.76. The number of nitrogens with one attached hydrogen (secondary N) is 1. The van der Waals surface area contributed by atoms with E-state index in [2.05, 4.69) is 12.4 Å². The van der Waals surface area contributed by atoms with E-state index in [0.29, 0.717) is 12.4 Å². The van der Waals surface area contributed by atoms with Gasteiger partial charge in [-0.15, -0.1) is 0 Å². The number of hydrogen-bond donors (Lipinski definition) is 1. The Morgan fingerprint density at radius 1 is 1.25 bits per heavy atom. The molecule has 4 heteroatoms. The lowest BCUT2D eigenvalue weighted by Crippen LogP contribution is -2.28. The largest absolute Gasteiger partial charge is 0.484 e. The molecule has 0 saturated heterocycles. The van der Waals surface area contributed by atoms with Gasteiger partial charge in [-0.25, -0.2) is 5.48 Å². The highest BCUT2D eigenvalue weighted by Crippen LogP contribution is 2.12. The average Bonchev–Trinajstić information content (AvgIpc) is 2.34. The molecule has 1 amide bonds. The van der Waals surface area contributed by atoms with Crippen LogP contribution in [0, 0.1) is 0 Å². The summed E-state index contributed by atoms with van der Waals surface area (Å²) >= 11 is 0. The van der Waals surface area contributed by atoms with Gasteiger partial charge >= 0.3 is 0 Å². The van der Waals surface area contributed by atoms with Gasteiger partial charge in [-0.05, 0) is 31.0 Å². The first-order valence-corrected chi connectivity index (χ1v) is 5.38. The molecule has 0 spiro atoms. The molecule has 0 aliphatic carbocycles. The van der Waals surface area contributed by atoms with E-state index < -0.39 is 0 Å². The van der Waals surface area contributed by atoms with Crippen LogP contribution in [0.5, 0.6) is 5.75 Å². The molecule has 0 bridgehead atoms. The number of carbonyl (C=O) groups excluding carboxylic acids is 1. The van der Waals surface area contributed by atoms with E-state index in [-0.39, 0.29) is 12.5 Å². The average molecular weight is 223 g/mol. The summed E-state index contributed by atoms with van der Waals surface area (Å²) in [6, 6.07) is 7.67. The zero-order valence-corrected chi connectivity index (χ0v) is 9.66. The lowest BCUT2D eigenvalue weighted by atomic mass is 10.2. The molecule has 0 heterocycles. The van der Waals surface area contributed by atoms with Crippen molar-refractivity contribution in [1.82, 2.24) is 5.48 Å². The summed E-state index contributed by atoms with van der Waals surface area (Å²) in [6.07, 6.45) is 0.991. The maximum absolute atomic E-state index is 11.1. The molecule has 1 rings (SSSR count). The molecular formula is C12H17NO3. The van der Waals surface area contributed by atoms with E-state index in [1.165, 1.54) is 5.56 Å². The molecule has 0 saturated carbocycles. The minimum absolute atomic E-state index is 0.0362. The second kappa shape index (κ2) is 6.85. The molecule has 1 N–H and O–H groups in total. The van der Waals surface area contributed by atoms with Crippen LogP contribution < -0.4 is 10.2 Å². The summed E-state index contributed by atoms with van der Waals surface area (Å²) in [4.78, 5) is 15.9. The first-order valence-electron chi connectivity index (χ1n) is 5.38. The van der Waals surface area contributed by atoms with Crippen LogP contribution in [0.2, 0.25) is 0 Å². The number of ether oxygens (including phenoxy) is 1. The number of hydroxylamine groups is 1. The van der Waals surface area contributed by atoms with Gasteiger partial charge in [0, 0.05) is 0 Å². The molecule has 16 heavy (non-hydrogen) atoms. The molecule has 0 radical (unpaired) electrons. The highest BCUT2D eigenvalue weighted by Gasteiger charge is 2.01. The van der Waals surface area contributed by atoms with Gasteiger partial charge < -0.3 is 4.74 Å². The van der Waals surface area contributed by atoms with E-state index in [0.717, 1.165) is 6.42 Å². The Hall–Kier alpha value is -1.55. The van der Waals surface area contributed by atoms with Crippen molar-refractivity contribution in [2.24, 2.45) is 0 Å².